The maximum atomic E-state index is 13.5. The maximum Gasteiger partial charge on any atom is 0.410 e. The standard InChI is InChI=1S/C35H42N4O3S/c1-23-8-13-28(38-29-21-39(22-29)34(41)42-35(3,4)5)20-30(23)33(40)37-24(2)27-12-11-26(10-9-25-14-16-36-17-15-25)31(19-27)32-7-6-18-43-32/h6-8,11-13,18-20,24-25,29,36,38H,14-17,21-22H2,1-5H3,(H,37,40)/t24-/m1/s1. The summed E-state index contributed by atoms with van der Waals surface area (Å²) in [6.45, 7) is 12.7. The summed E-state index contributed by atoms with van der Waals surface area (Å²) < 4.78 is 5.45. The molecule has 3 heterocycles. The number of likely N-dealkylation sites (tertiary alicyclic amines) is 1. The van der Waals surface area contributed by atoms with Gasteiger partial charge in [0.25, 0.3) is 5.91 Å². The van der Waals surface area contributed by atoms with Crippen LogP contribution in [0.1, 0.15) is 73.6 Å². The number of benzene rings is 2. The molecule has 0 aliphatic carbocycles. The highest BCUT2D eigenvalue weighted by Gasteiger charge is 2.33. The Hall–Kier alpha value is -3.80. The van der Waals surface area contributed by atoms with Crippen molar-refractivity contribution < 1.29 is 14.3 Å². The fraction of sp³-hybridized carbons (Fsp3) is 0.429. The maximum absolute atomic E-state index is 13.5. The number of carbonyl (C=O) groups excluding carboxylic acids is 2. The van der Waals surface area contributed by atoms with E-state index in [1.54, 1.807) is 16.2 Å². The third kappa shape index (κ3) is 7.98. The summed E-state index contributed by atoms with van der Waals surface area (Å²) in [5, 5.41) is 12.1. The van der Waals surface area contributed by atoms with Crippen LogP contribution in [0, 0.1) is 24.7 Å². The highest BCUT2D eigenvalue weighted by atomic mass is 32.1. The van der Waals surface area contributed by atoms with Crippen molar-refractivity contribution in [3.05, 3.63) is 76.2 Å². The minimum atomic E-state index is -0.514. The predicted octanol–water partition coefficient (Wildman–Crippen LogP) is 6.60. The number of amides is 2. The van der Waals surface area contributed by atoms with Crippen molar-refractivity contribution in [2.45, 2.75) is 65.1 Å². The fourth-order valence-corrected chi connectivity index (χ4v) is 6.07. The van der Waals surface area contributed by atoms with E-state index in [1.165, 1.54) is 4.88 Å². The number of ether oxygens (including phenoxy) is 1. The lowest BCUT2D eigenvalue weighted by molar-refractivity contribution is 0.0105. The Morgan fingerprint density at radius 2 is 1.86 bits per heavy atom. The van der Waals surface area contributed by atoms with Crippen LogP contribution in [0.2, 0.25) is 0 Å². The second-order valence-corrected chi connectivity index (χ2v) is 13.5. The first kappa shape index (κ1) is 30.7. The normalized spacial score (nSPS) is 16.4. The molecule has 1 aromatic heterocycles. The van der Waals surface area contributed by atoms with Crippen LogP contribution in [0.4, 0.5) is 10.5 Å². The molecule has 2 aromatic carbocycles. The molecule has 7 nitrogen and oxygen atoms in total. The van der Waals surface area contributed by atoms with Crippen LogP contribution in [-0.2, 0) is 4.74 Å². The molecule has 2 aliphatic heterocycles. The molecular weight excluding hydrogens is 556 g/mol. The highest BCUT2D eigenvalue weighted by molar-refractivity contribution is 7.13. The van der Waals surface area contributed by atoms with Gasteiger partial charge in [0.2, 0.25) is 0 Å². The molecule has 2 fully saturated rings. The largest absolute Gasteiger partial charge is 0.444 e. The van der Waals surface area contributed by atoms with Crippen molar-refractivity contribution in [1.82, 2.24) is 15.5 Å². The fourth-order valence-electron chi connectivity index (χ4n) is 5.32. The van der Waals surface area contributed by atoms with Crippen LogP contribution in [0.3, 0.4) is 0 Å². The first-order valence-electron chi connectivity index (χ1n) is 15.1. The lowest BCUT2D eigenvalue weighted by Gasteiger charge is -2.40. The summed E-state index contributed by atoms with van der Waals surface area (Å²) in [7, 11) is 0. The molecule has 0 radical (unpaired) electrons. The molecule has 0 unspecified atom stereocenters. The first-order chi connectivity index (χ1) is 20.6. The van der Waals surface area contributed by atoms with Gasteiger partial charge in [0.05, 0.1) is 12.1 Å². The van der Waals surface area contributed by atoms with E-state index in [2.05, 4.69) is 63.5 Å². The number of hydrogen-bond acceptors (Lipinski definition) is 6. The van der Waals surface area contributed by atoms with Gasteiger partial charge in [0.15, 0.2) is 0 Å². The minimum absolute atomic E-state index is 0.108. The predicted molar refractivity (Wildman–Crippen MR) is 175 cm³/mol. The van der Waals surface area contributed by atoms with E-state index in [0.29, 0.717) is 24.6 Å². The number of aryl methyl sites for hydroxylation is 1. The second-order valence-electron chi connectivity index (χ2n) is 12.5. The average Bonchev–Trinajstić information content (AvgIpc) is 3.49. The number of rotatable bonds is 6. The molecule has 0 bridgehead atoms. The Balaban J connectivity index is 1.25. The van der Waals surface area contributed by atoms with Crippen LogP contribution in [0.25, 0.3) is 10.4 Å². The summed E-state index contributed by atoms with van der Waals surface area (Å²) in [6.07, 6.45) is 1.88. The number of anilines is 1. The topological polar surface area (TPSA) is 82.7 Å². The van der Waals surface area contributed by atoms with Crippen molar-refractivity contribution in [2.75, 3.05) is 31.5 Å². The minimum Gasteiger partial charge on any atom is -0.444 e. The molecule has 3 aromatic rings. The van der Waals surface area contributed by atoms with Crippen molar-refractivity contribution >= 4 is 29.0 Å². The van der Waals surface area contributed by atoms with Gasteiger partial charge in [-0.1, -0.05) is 30.0 Å². The van der Waals surface area contributed by atoms with Crippen LogP contribution in [0.5, 0.6) is 0 Å². The first-order valence-corrected chi connectivity index (χ1v) is 16.0. The quantitative estimate of drug-likeness (QED) is 0.279. The number of carbonyl (C=O) groups is 2. The Kier molecular flexibility index (Phi) is 9.43. The molecular formula is C35H42N4O3S. The zero-order chi connectivity index (χ0) is 30.6. The lowest BCUT2D eigenvalue weighted by Crippen LogP contribution is -2.57. The van der Waals surface area contributed by atoms with Gasteiger partial charge in [-0.05, 0) is 107 Å². The summed E-state index contributed by atoms with van der Waals surface area (Å²) in [4.78, 5) is 28.6. The van der Waals surface area contributed by atoms with Gasteiger partial charge >= 0.3 is 6.09 Å². The number of piperidine rings is 1. The second kappa shape index (κ2) is 13.2. The van der Waals surface area contributed by atoms with Gasteiger partial charge in [-0.3, -0.25) is 4.79 Å². The number of hydrogen-bond donors (Lipinski definition) is 3. The van der Waals surface area contributed by atoms with E-state index in [9.17, 15) is 9.59 Å². The van der Waals surface area contributed by atoms with Crippen LogP contribution >= 0.6 is 11.3 Å². The van der Waals surface area contributed by atoms with E-state index < -0.39 is 5.60 Å². The van der Waals surface area contributed by atoms with Crippen molar-refractivity contribution in [1.29, 1.82) is 0 Å². The number of nitrogens with one attached hydrogen (secondary N) is 3. The number of nitrogens with zero attached hydrogens (tertiary/aromatic N) is 1. The van der Waals surface area contributed by atoms with Crippen LogP contribution in [-0.4, -0.2) is 54.7 Å². The van der Waals surface area contributed by atoms with E-state index in [1.807, 2.05) is 52.8 Å². The molecule has 5 rings (SSSR count). The summed E-state index contributed by atoms with van der Waals surface area (Å²) in [5.74, 6) is 7.28. The smallest absolute Gasteiger partial charge is 0.410 e. The summed E-state index contributed by atoms with van der Waals surface area (Å²) >= 11 is 1.70. The van der Waals surface area contributed by atoms with E-state index >= 15 is 0 Å². The Morgan fingerprint density at radius 3 is 2.56 bits per heavy atom. The third-order valence-corrected chi connectivity index (χ3v) is 8.72. The van der Waals surface area contributed by atoms with Gasteiger partial charge < -0.3 is 25.6 Å². The Bertz CT molecular complexity index is 1500. The van der Waals surface area contributed by atoms with Gasteiger partial charge in [0, 0.05) is 46.3 Å². The van der Waals surface area contributed by atoms with E-state index in [-0.39, 0.29) is 24.1 Å². The molecule has 3 N–H and O–H groups in total. The molecule has 2 aliphatic rings. The summed E-state index contributed by atoms with van der Waals surface area (Å²) in [6, 6.07) is 16.3. The summed E-state index contributed by atoms with van der Waals surface area (Å²) in [5.41, 5.74) is 5.05. The average molecular weight is 599 g/mol. The SMILES string of the molecule is Cc1ccc(NC2CN(C(=O)OC(C)(C)C)C2)cc1C(=O)N[C@H](C)c1ccc(C#CC2CCNCC2)c(-c2cccs2)c1. The molecule has 0 saturated carbocycles. The molecule has 2 saturated heterocycles. The third-order valence-electron chi connectivity index (χ3n) is 7.81. The molecule has 8 heteroatoms. The van der Waals surface area contributed by atoms with Gasteiger partial charge in [0.1, 0.15) is 5.60 Å². The zero-order valence-electron chi connectivity index (χ0n) is 25.8. The monoisotopic (exact) mass is 598 g/mol. The van der Waals surface area contributed by atoms with Gasteiger partial charge in [-0.25, -0.2) is 4.79 Å². The molecule has 0 spiro atoms. The molecule has 1 atom stereocenters. The van der Waals surface area contributed by atoms with E-state index in [4.69, 9.17) is 4.74 Å². The molecule has 226 valence electrons. The van der Waals surface area contributed by atoms with E-state index in [0.717, 1.165) is 53.9 Å². The van der Waals surface area contributed by atoms with Gasteiger partial charge in [-0.2, -0.15) is 0 Å². The van der Waals surface area contributed by atoms with Crippen molar-refractivity contribution in [3.8, 4) is 22.3 Å². The molecule has 2 amide bonds. The number of thiophene rings is 1. The van der Waals surface area contributed by atoms with Crippen molar-refractivity contribution in [2.24, 2.45) is 5.92 Å². The van der Waals surface area contributed by atoms with Gasteiger partial charge in [-0.15, -0.1) is 11.3 Å². The Morgan fingerprint density at radius 1 is 1.09 bits per heavy atom. The molecule has 43 heavy (non-hydrogen) atoms. The zero-order valence-corrected chi connectivity index (χ0v) is 26.6. The van der Waals surface area contributed by atoms with Crippen LogP contribution in [0.15, 0.2) is 53.9 Å². The van der Waals surface area contributed by atoms with Crippen molar-refractivity contribution in [3.63, 3.8) is 0 Å². The van der Waals surface area contributed by atoms with Crippen LogP contribution < -0.4 is 16.0 Å². The highest BCUT2D eigenvalue weighted by Crippen LogP contribution is 2.31. The Labute approximate surface area is 259 Å². The lowest BCUT2D eigenvalue weighted by atomic mass is 9.96.